The SMILES string of the molecule is CCCNCc1nnnn1-c1cc(Cl)cc(C(F)(F)F)c1. The Morgan fingerprint density at radius 3 is 2.71 bits per heavy atom. The predicted molar refractivity (Wildman–Crippen MR) is 71.2 cm³/mol. The largest absolute Gasteiger partial charge is 0.416 e. The second-order valence-corrected chi connectivity index (χ2v) is 4.82. The van der Waals surface area contributed by atoms with Gasteiger partial charge in [0.1, 0.15) is 0 Å². The molecule has 0 saturated carbocycles. The van der Waals surface area contributed by atoms with E-state index in [1.54, 1.807) is 0 Å². The number of benzene rings is 1. The van der Waals surface area contributed by atoms with Crippen LogP contribution in [0.15, 0.2) is 18.2 Å². The molecule has 0 amide bonds. The first-order valence-electron chi connectivity index (χ1n) is 6.28. The van der Waals surface area contributed by atoms with E-state index in [1.165, 1.54) is 10.7 Å². The van der Waals surface area contributed by atoms with Crippen LogP contribution in [0.2, 0.25) is 5.02 Å². The molecule has 1 N–H and O–H groups in total. The summed E-state index contributed by atoms with van der Waals surface area (Å²) in [6.07, 6.45) is -3.55. The van der Waals surface area contributed by atoms with E-state index in [1.807, 2.05) is 6.92 Å². The lowest BCUT2D eigenvalue weighted by Gasteiger charge is -2.11. The van der Waals surface area contributed by atoms with Crippen LogP contribution in [-0.2, 0) is 12.7 Å². The molecular formula is C12H13ClF3N5. The third-order valence-electron chi connectivity index (χ3n) is 2.70. The van der Waals surface area contributed by atoms with Gasteiger partial charge < -0.3 is 5.32 Å². The summed E-state index contributed by atoms with van der Waals surface area (Å²) < 4.78 is 39.7. The monoisotopic (exact) mass is 319 g/mol. The van der Waals surface area contributed by atoms with Crippen molar-refractivity contribution in [3.8, 4) is 5.69 Å². The lowest BCUT2D eigenvalue weighted by atomic mass is 10.2. The van der Waals surface area contributed by atoms with Crippen LogP contribution in [0.25, 0.3) is 5.69 Å². The number of aromatic nitrogens is 4. The first kappa shape index (κ1) is 15.7. The third-order valence-corrected chi connectivity index (χ3v) is 2.92. The van der Waals surface area contributed by atoms with Crippen molar-refractivity contribution in [3.05, 3.63) is 34.6 Å². The minimum atomic E-state index is -4.48. The average Bonchev–Trinajstić information content (AvgIpc) is 2.86. The van der Waals surface area contributed by atoms with Crippen LogP contribution in [-0.4, -0.2) is 26.8 Å². The molecule has 1 heterocycles. The zero-order valence-corrected chi connectivity index (χ0v) is 11.9. The first-order chi connectivity index (χ1) is 9.91. The number of nitrogens with zero attached hydrogens (tertiary/aromatic N) is 4. The molecule has 21 heavy (non-hydrogen) atoms. The van der Waals surface area contributed by atoms with Crippen molar-refractivity contribution < 1.29 is 13.2 Å². The summed E-state index contributed by atoms with van der Waals surface area (Å²) in [6.45, 7) is 3.12. The summed E-state index contributed by atoms with van der Waals surface area (Å²) >= 11 is 5.75. The molecule has 0 fully saturated rings. The molecule has 0 aliphatic rings. The zero-order valence-electron chi connectivity index (χ0n) is 11.2. The Morgan fingerprint density at radius 2 is 2.05 bits per heavy atom. The van der Waals surface area contributed by atoms with Crippen LogP contribution in [0.5, 0.6) is 0 Å². The number of nitrogens with one attached hydrogen (secondary N) is 1. The minimum absolute atomic E-state index is 0.0252. The maximum absolute atomic E-state index is 12.8. The smallest absolute Gasteiger partial charge is 0.310 e. The van der Waals surface area contributed by atoms with Gasteiger partial charge in [-0.1, -0.05) is 18.5 Å². The normalized spacial score (nSPS) is 11.9. The van der Waals surface area contributed by atoms with E-state index in [2.05, 4.69) is 20.8 Å². The quantitative estimate of drug-likeness (QED) is 0.861. The standard InChI is InChI=1S/C12H13ClF3N5/c1-2-3-17-7-11-18-19-20-21(11)10-5-8(12(14,15)16)4-9(13)6-10/h4-6,17H,2-3,7H2,1H3. The molecular weight excluding hydrogens is 307 g/mol. The Hall–Kier alpha value is -1.67. The van der Waals surface area contributed by atoms with Crippen LogP contribution in [0.4, 0.5) is 13.2 Å². The van der Waals surface area contributed by atoms with Gasteiger partial charge in [-0.25, -0.2) is 0 Å². The van der Waals surface area contributed by atoms with E-state index >= 15 is 0 Å². The molecule has 0 aliphatic carbocycles. The molecule has 2 aromatic rings. The van der Waals surface area contributed by atoms with Crippen molar-refractivity contribution in [2.75, 3.05) is 6.54 Å². The summed E-state index contributed by atoms with van der Waals surface area (Å²) in [4.78, 5) is 0. The van der Waals surface area contributed by atoms with Crippen molar-refractivity contribution in [2.24, 2.45) is 0 Å². The maximum Gasteiger partial charge on any atom is 0.416 e. The highest BCUT2D eigenvalue weighted by molar-refractivity contribution is 6.30. The zero-order chi connectivity index (χ0) is 15.5. The average molecular weight is 320 g/mol. The van der Waals surface area contributed by atoms with Crippen LogP contribution in [0.3, 0.4) is 0 Å². The third kappa shape index (κ3) is 3.92. The highest BCUT2D eigenvalue weighted by Gasteiger charge is 2.31. The van der Waals surface area contributed by atoms with Crippen molar-refractivity contribution in [1.82, 2.24) is 25.5 Å². The Kier molecular flexibility index (Phi) is 4.79. The van der Waals surface area contributed by atoms with E-state index < -0.39 is 11.7 Å². The Bertz CT molecular complexity index is 611. The van der Waals surface area contributed by atoms with E-state index in [4.69, 9.17) is 11.6 Å². The minimum Gasteiger partial charge on any atom is -0.310 e. The molecule has 0 aliphatic heterocycles. The fraction of sp³-hybridized carbons (Fsp3) is 0.417. The Balaban J connectivity index is 2.34. The van der Waals surface area contributed by atoms with Crippen LogP contribution >= 0.6 is 11.6 Å². The fourth-order valence-corrected chi connectivity index (χ4v) is 1.98. The van der Waals surface area contributed by atoms with Crippen LogP contribution in [0, 0.1) is 0 Å². The van der Waals surface area contributed by atoms with Crippen molar-refractivity contribution in [3.63, 3.8) is 0 Å². The van der Waals surface area contributed by atoms with Crippen molar-refractivity contribution in [2.45, 2.75) is 26.1 Å². The molecule has 1 aromatic carbocycles. The lowest BCUT2D eigenvalue weighted by Crippen LogP contribution is -2.18. The summed E-state index contributed by atoms with van der Waals surface area (Å²) in [5.41, 5.74) is -0.666. The van der Waals surface area contributed by atoms with E-state index in [0.717, 1.165) is 25.1 Å². The van der Waals surface area contributed by atoms with Gasteiger partial charge in [-0.2, -0.15) is 17.9 Å². The molecule has 1 aromatic heterocycles. The number of rotatable bonds is 5. The Labute approximate surface area is 124 Å². The molecule has 0 spiro atoms. The highest BCUT2D eigenvalue weighted by Crippen LogP contribution is 2.32. The summed E-state index contributed by atoms with van der Waals surface area (Å²) in [7, 11) is 0. The molecule has 0 atom stereocenters. The number of halogens is 4. The molecule has 0 unspecified atom stereocenters. The van der Waals surface area contributed by atoms with Gasteiger partial charge in [-0.3, -0.25) is 0 Å². The van der Waals surface area contributed by atoms with E-state index in [0.29, 0.717) is 12.4 Å². The van der Waals surface area contributed by atoms with Gasteiger partial charge in [0.05, 0.1) is 17.8 Å². The second-order valence-electron chi connectivity index (χ2n) is 4.38. The van der Waals surface area contributed by atoms with Gasteiger partial charge in [0.25, 0.3) is 0 Å². The van der Waals surface area contributed by atoms with Crippen LogP contribution < -0.4 is 5.32 Å². The first-order valence-corrected chi connectivity index (χ1v) is 6.65. The fourth-order valence-electron chi connectivity index (χ4n) is 1.75. The number of hydrogen-bond acceptors (Lipinski definition) is 4. The summed E-state index contributed by atoms with van der Waals surface area (Å²) in [5.74, 6) is 0.416. The molecule has 0 saturated heterocycles. The predicted octanol–water partition coefficient (Wildman–Crippen LogP) is 2.83. The van der Waals surface area contributed by atoms with Gasteiger partial charge in [0.2, 0.25) is 0 Å². The molecule has 0 radical (unpaired) electrons. The molecule has 114 valence electrons. The molecule has 5 nitrogen and oxygen atoms in total. The number of tetrazole rings is 1. The van der Waals surface area contributed by atoms with Gasteiger partial charge in [0, 0.05) is 5.02 Å². The number of alkyl halides is 3. The number of hydrogen-bond donors (Lipinski definition) is 1. The van der Waals surface area contributed by atoms with Crippen molar-refractivity contribution in [1.29, 1.82) is 0 Å². The Morgan fingerprint density at radius 1 is 1.29 bits per heavy atom. The molecule has 9 heteroatoms. The van der Waals surface area contributed by atoms with Gasteiger partial charge >= 0.3 is 6.18 Å². The summed E-state index contributed by atoms with van der Waals surface area (Å²) in [5, 5.41) is 14.1. The topological polar surface area (TPSA) is 55.6 Å². The summed E-state index contributed by atoms with van der Waals surface area (Å²) in [6, 6.07) is 3.21. The molecule has 2 rings (SSSR count). The maximum atomic E-state index is 12.8. The second kappa shape index (κ2) is 6.40. The van der Waals surface area contributed by atoms with Gasteiger partial charge in [-0.05, 0) is 41.6 Å². The van der Waals surface area contributed by atoms with E-state index in [9.17, 15) is 13.2 Å². The van der Waals surface area contributed by atoms with E-state index in [-0.39, 0.29) is 10.7 Å². The molecule has 0 bridgehead atoms. The van der Waals surface area contributed by atoms with Crippen molar-refractivity contribution >= 4 is 11.6 Å². The van der Waals surface area contributed by atoms with Gasteiger partial charge in [0.15, 0.2) is 5.82 Å². The highest BCUT2D eigenvalue weighted by atomic mass is 35.5. The van der Waals surface area contributed by atoms with Gasteiger partial charge in [-0.15, -0.1) is 5.10 Å². The van der Waals surface area contributed by atoms with Crippen LogP contribution in [0.1, 0.15) is 24.7 Å². The lowest BCUT2D eigenvalue weighted by molar-refractivity contribution is -0.137.